The molecular formula is C10H13N3S2. The third-order valence-electron chi connectivity index (χ3n) is 2.01. The second kappa shape index (κ2) is 5.34. The van der Waals surface area contributed by atoms with E-state index in [0.717, 1.165) is 35.9 Å². The topological polar surface area (TPSA) is 37.8 Å². The van der Waals surface area contributed by atoms with Gasteiger partial charge in [-0.25, -0.2) is 9.97 Å². The molecule has 2 aromatic heterocycles. The molecule has 0 amide bonds. The largest absolute Gasteiger partial charge is 0.317 e. The van der Waals surface area contributed by atoms with E-state index in [4.69, 9.17) is 0 Å². The molecule has 0 atom stereocenters. The number of nitrogens with one attached hydrogen (secondary N) is 1. The zero-order chi connectivity index (χ0) is 10.5. The van der Waals surface area contributed by atoms with Crippen LogP contribution in [0, 0.1) is 0 Å². The second-order valence-electron chi connectivity index (χ2n) is 3.12. The van der Waals surface area contributed by atoms with Crippen LogP contribution in [0.2, 0.25) is 0 Å². The molecule has 0 saturated carbocycles. The van der Waals surface area contributed by atoms with Crippen LogP contribution in [0.3, 0.4) is 0 Å². The first kappa shape index (κ1) is 10.7. The van der Waals surface area contributed by atoms with Crippen LogP contribution < -0.4 is 5.32 Å². The summed E-state index contributed by atoms with van der Waals surface area (Å²) in [4.78, 5) is 8.79. The van der Waals surface area contributed by atoms with Crippen LogP contribution in [-0.4, -0.2) is 23.1 Å². The second-order valence-corrected chi connectivity index (χ2v) is 4.70. The Kier molecular flexibility index (Phi) is 3.82. The molecule has 0 aliphatic rings. The summed E-state index contributed by atoms with van der Waals surface area (Å²) >= 11 is 3.28. The molecule has 2 rings (SSSR count). The Morgan fingerprint density at radius 3 is 3.07 bits per heavy atom. The van der Waals surface area contributed by atoms with Gasteiger partial charge in [-0.1, -0.05) is 6.92 Å². The van der Waals surface area contributed by atoms with Gasteiger partial charge in [0.25, 0.3) is 0 Å². The van der Waals surface area contributed by atoms with E-state index >= 15 is 0 Å². The van der Waals surface area contributed by atoms with E-state index < -0.39 is 0 Å². The monoisotopic (exact) mass is 239 g/mol. The Hall–Kier alpha value is -0.780. The Labute approximate surface area is 97.2 Å². The molecule has 0 bridgehead atoms. The van der Waals surface area contributed by atoms with Crippen LogP contribution in [-0.2, 0) is 6.42 Å². The van der Waals surface area contributed by atoms with Crippen molar-refractivity contribution in [2.75, 3.05) is 13.1 Å². The fourth-order valence-corrected chi connectivity index (χ4v) is 2.68. The first-order chi connectivity index (χ1) is 7.40. The Morgan fingerprint density at radius 1 is 1.40 bits per heavy atom. The summed E-state index contributed by atoms with van der Waals surface area (Å²) < 4.78 is 0. The first-order valence-corrected chi connectivity index (χ1v) is 6.76. The summed E-state index contributed by atoms with van der Waals surface area (Å²) in [5.41, 5.74) is 4.00. The molecule has 2 heterocycles. The summed E-state index contributed by atoms with van der Waals surface area (Å²) in [5, 5.41) is 8.47. The van der Waals surface area contributed by atoms with Crippen molar-refractivity contribution in [1.29, 1.82) is 0 Å². The minimum Gasteiger partial charge on any atom is -0.317 e. The van der Waals surface area contributed by atoms with Gasteiger partial charge in [0.1, 0.15) is 10.7 Å². The number of nitrogens with zero attached hydrogens (tertiary/aromatic N) is 2. The maximum absolute atomic E-state index is 4.55. The van der Waals surface area contributed by atoms with E-state index in [0.29, 0.717) is 0 Å². The average molecular weight is 239 g/mol. The predicted octanol–water partition coefficient (Wildman–Crippen LogP) is 2.42. The Morgan fingerprint density at radius 2 is 2.33 bits per heavy atom. The predicted molar refractivity (Wildman–Crippen MR) is 65.5 cm³/mol. The van der Waals surface area contributed by atoms with Gasteiger partial charge >= 0.3 is 0 Å². The van der Waals surface area contributed by atoms with Crippen LogP contribution in [0.25, 0.3) is 10.7 Å². The summed E-state index contributed by atoms with van der Waals surface area (Å²) in [7, 11) is 0. The van der Waals surface area contributed by atoms with Gasteiger partial charge in [0.05, 0.1) is 11.2 Å². The number of likely N-dealkylation sites (N-methyl/N-ethyl adjacent to an activating group) is 1. The van der Waals surface area contributed by atoms with Crippen LogP contribution in [0.4, 0.5) is 0 Å². The van der Waals surface area contributed by atoms with Crippen molar-refractivity contribution in [2.24, 2.45) is 0 Å². The van der Waals surface area contributed by atoms with Gasteiger partial charge in [0, 0.05) is 23.7 Å². The maximum atomic E-state index is 4.55. The van der Waals surface area contributed by atoms with Gasteiger partial charge in [-0.3, -0.25) is 0 Å². The summed E-state index contributed by atoms with van der Waals surface area (Å²) in [6.45, 7) is 4.13. The molecule has 3 nitrogen and oxygen atoms in total. The SMILES string of the molecule is CCNCCc1csc(-c2cscn2)n1. The molecular weight excluding hydrogens is 226 g/mol. The molecule has 0 unspecified atom stereocenters. The highest BCUT2D eigenvalue weighted by molar-refractivity contribution is 7.13. The molecule has 80 valence electrons. The average Bonchev–Trinajstić information content (AvgIpc) is 2.87. The molecule has 2 aromatic rings. The minimum atomic E-state index is 0.995. The van der Waals surface area contributed by atoms with Crippen molar-refractivity contribution in [2.45, 2.75) is 13.3 Å². The van der Waals surface area contributed by atoms with Crippen molar-refractivity contribution >= 4 is 22.7 Å². The lowest BCUT2D eigenvalue weighted by molar-refractivity contribution is 0.710. The first-order valence-electron chi connectivity index (χ1n) is 4.94. The van der Waals surface area contributed by atoms with Gasteiger partial charge in [-0.15, -0.1) is 22.7 Å². The zero-order valence-corrected chi connectivity index (χ0v) is 10.2. The standard InChI is InChI=1S/C10H13N3S2/c1-2-11-4-3-8-5-15-10(13-8)9-6-14-7-12-9/h5-7,11H,2-4H2,1H3. The third-order valence-corrected chi connectivity index (χ3v) is 3.51. The zero-order valence-electron chi connectivity index (χ0n) is 8.56. The fourth-order valence-electron chi connectivity index (χ4n) is 1.25. The van der Waals surface area contributed by atoms with E-state index in [9.17, 15) is 0 Å². The van der Waals surface area contributed by atoms with Crippen molar-refractivity contribution in [3.8, 4) is 10.7 Å². The Bertz CT molecular complexity index is 394. The molecule has 0 saturated heterocycles. The summed E-state index contributed by atoms with van der Waals surface area (Å²) in [6.07, 6.45) is 0.995. The van der Waals surface area contributed by atoms with Crippen LogP contribution in [0.5, 0.6) is 0 Å². The van der Waals surface area contributed by atoms with E-state index in [1.807, 2.05) is 10.9 Å². The van der Waals surface area contributed by atoms with Gasteiger partial charge in [0.15, 0.2) is 0 Å². The highest BCUT2D eigenvalue weighted by Crippen LogP contribution is 2.23. The maximum Gasteiger partial charge on any atom is 0.142 e. The van der Waals surface area contributed by atoms with E-state index in [2.05, 4.69) is 27.6 Å². The van der Waals surface area contributed by atoms with Crippen LogP contribution in [0.1, 0.15) is 12.6 Å². The Balaban J connectivity index is 1.98. The molecule has 1 N–H and O–H groups in total. The number of thiazole rings is 2. The molecule has 0 aliphatic heterocycles. The molecule has 15 heavy (non-hydrogen) atoms. The normalized spacial score (nSPS) is 10.7. The van der Waals surface area contributed by atoms with Gasteiger partial charge in [0.2, 0.25) is 0 Å². The fraction of sp³-hybridized carbons (Fsp3) is 0.400. The van der Waals surface area contributed by atoms with E-state index in [1.165, 1.54) is 0 Å². The molecule has 0 aromatic carbocycles. The lowest BCUT2D eigenvalue weighted by Gasteiger charge is -1.97. The highest BCUT2D eigenvalue weighted by atomic mass is 32.1. The smallest absolute Gasteiger partial charge is 0.142 e. The van der Waals surface area contributed by atoms with Crippen molar-refractivity contribution in [3.05, 3.63) is 22.0 Å². The number of hydrogen-bond donors (Lipinski definition) is 1. The summed E-state index contributed by atoms with van der Waals surface area (Å²) in [5.74, 6) is 0. The van der Waals surface area contributed by atoms with Gasteiger partial charge in [-0.05, 0) is 6.54 Å². The van der Waals surface area contributed by atoms with E-state index in [-0.39, 0.29) is 0 Å². The molecule has 0 fully saturated rings. The molecule has 5 heteroatoms. The van der Waals surface area contributed by atoms with Crippen LogP contribution >= 0.6 is 22.7 Å². The van der Waals surface area contributed by atoms with Crippen molar-refractivity contribution in [3.63, 3.8) is 0 Å². The minimum absolute atomic E-state index is 0.995. The van der Waals surface area contributed by atoms with Crippen molar-refractivity contribution < 1.29 is 0 Å². The summed E-state index contributed by atoms with van der Waals surface area (Å²) in [6, 6.07) is 0. The van der Waals surface area contributed by atoms with Gasteiger partial charge < -0.3 is 5.32 Å². The van der Waals surface area contributed by atoms with Crippen molar-refractivity contribution in [1.82, 2.24) is 15.3 Å². The quantitative estimate of drug-likeness (QED) is 0.814. The van der Waals surface area contributed by atoms with Gasteiger partial charge in [-0.2, -0.15) is 0 Å². The highest BCUT2D eigenvalue weighted by Gasteiger charge is 2.05. The third kappa shape index (κ3) is 2.84. The number of rotatable bonds is 5. The molecule has 0 radical (unpaired) electrons. The molecule has 0 aliphatic carbocycles. The van der Waals surface area contributed by atoms with E-state index in [1.54, 1.807) is 22.7 Å². The van der Waals surface area contributed by atoms with Crippen LogP contribution in [0.15, 0.2) is 16.3 Å². The number of hydrogen-bond acceptors (Lipinski definition) is 5. The number of aromatic nitrogens is 2. The molecule has 0 spiro atoms. The lowest BCUT2D eigenvalue weighted by atomic mass is 10.3. The lowest BCUT2D eigenvalue weighted by Crippen LogP contribution is -2.16.